The third kappa shape index (κ3) is 3.41. The van der Waals surface area contributed by atoms with E-state index in [9.17, 15) is 4.79 Å². The normalized spacial score (nSPS) is 11.0. The Morgan fingerprint density at radius 3 is 2.65 bits per heavy atom. The summed E-state index contributed by atoms with van der Waals surface area (Å²) in [6.45, 7) is 0. The quantitative estimate of drug-likeness (QED) is 0.393. The molecule has 0 atom stereocenters. The Morgan fingerprint density at radius 1 is 1.13 bits per heavy atom. The molecule has 0 fully saturated rings. The van der Waals surface area contributed by atoms with Gasteiger partial charge in [0.25, 0.3) is 0 Å². The Morgan fingerprint density at radius 2 is 1.91 bits per heavy atom. The van der Waals surface area contributed by atoms with Crippen molar-refractivity contribution in [2.24, 2.45) is 0 Å². The topological polar surface area (TPSA) is 39.2 Å². The first-order chi connectivity index (χ1) is 11.2. The van der Waals surface area contributed by atoms with E-state index in [-0.39, 0.29) is 5.78 Å². The highest BCUT2D eigenvalue weighted by Gasteiger charge is 2.05. The average Bonchev–Trinajstić information content (AvgIpc) is 2.60. The molecule has 0 bridgehead atoms. The zero-order chi connectivity index (χ0) is 16.2. The zero-order valence-corrected chi connectivity index (χ0v) is 13.2. The predicted molar refractivity (Wildman–Crippen MR) is 93.1 cm³/mol. The van der Waals surface area contributed by atoms with Crippen LogP contribution in [0.5, 0.6) is 5.75 Å². The maximum atomic E-state index is 12.1. The Kier molecular flexibility index (Phi) is 4.40. The molecule has 0 saturated carbocycles. The van der Waals surface area contributed by atoms with Crippen LogP contribution >= 0.6 is 11.6 Å². The SMILES string of the molecule is COc1ccc2nc(Cl)c(/C=C/C(=O)c3ccccc3)cc2c1. The highest BCUT2D eigenvalue weighted by Crippen LogP contribution is 2.25. The van der Waals surface area contributed by atoms with E-state index in [0.717, 1.165) is 16.7 Å². The van der Waals surface area contributed by atoms with E-state index in [1.165, 1.54) is 6.08 Å². The van der Waals surface area contributed by atoms with Crippen LogP contribution in [0.25, 0.3) is 17.0 Å². The van der Waals surface area contributed by atoms with Crippen molar-refractivity contribution in [2.75, 3.05) is 7.11 Å². The first-order valence-corrected chi connectivity index (χ1v) is 7.47. The van der Waals surface area contributed by atoms with Gasteiger partial charge >= 0.3 is 0 Å². The van der Waals surface area contributed by atoms with Gasteiger partial charge in [0.2, 0.25) is 0 Å². The number of methoxy groups -OCH3 is 1. The molecule has 1 aromatic heterocycles. The Balaban J connectivity index is 1.94. The lowest BCUT2D eigenvalue weighted by molar-refractivity contribution is 0.104. The Bertz CT molecular complexity index is 889. The molecule has 0 aliphatic carbocycles. The van der Waals surface area contributed by atoms with Gasteiger partial charge in [0, 0.05) is 16.5 Å². The van der Waals surface area contributed by atoms with Crippen molar-refractivity contribution < 1.29 is 9.53 Å². The standard InChI is InChI=1S/C19H14ClNO2/c1-23-16-8-9-17-15(12-16)11-14(19(20)21-17)7-10-18(22)13-5-3-2-4-6-13/h2-12H,1H3/b10-7+. The number of fused-ring (bicyclic) bond motifs is 1. The minimum atomic E-state index is -0.0765. The molecule has 0 N–H and O–H groups in total. The second-order valence-electron chi connectivity index (χ2n) is 4.99. The number of ether oxygens (including phenoxy) is 1. The molecule has 0 saturated heterocycles. The summed E-state index contributed by atoms with van der Waals surface area (Å²) in [6.07, 6.45) is 3.19. The van der Waals surface area contributed by atoms with E-state index < -0.39 is 0 Å². The van der Waals surface area contributed by atoms with Crippen LogP contribution in [0.1, 0.15) is 15.9 Å². The fourth-order valence-corrected chi connectivity index (χ4v) is 2.46. The maximum absolute atomic E-state index is 12.1. The van der Waals surface area contributed by atoms with Crippen LogP contribution < -0.4 is 4.74 Å². The lowest BCUT2D eigenvalue weighted by Crippen LogP contribution is -1.93. The first-order valence-electron chi connectivity index (χ1n) is 7.09. The Labute approximate surface area is 139 Å². The van der Waals surface area contributed by atoms with Gasteiger partial charge in [-0.2, -0.15) is 0 Å². The second-order valence-corrected chi connectivity index (χ2v) is 5.35. The monoisotopic (exact) mass is 323 g/mol. The van der Waals surface area contributed by atoms with Crippen LogP contribution in [0.4, 0.5) is 0 Å². The molecule has 2 aromatic carbocycles. The van der Waals surface area contributed by atoms with E-state index in [0.29, 0.717) is 16.3 Å². The summed E-state index contributed by atoms with van der Waals surface area (Å²) in [5.41, 5.74) is 2.11. The lowest BCUT2D eigenvalue weighted by atomic mass is 10.1. The number of aromatic nitrogens is 1. The number of carbonyl (C=O) groups is 1. The summed E-state index contributed by atoms with van der Waals surface area (Å²) >= 11 is 6.20. The smallest absolute Gasteiger partial charge is 0.185 e. The number of pyridine rings is 1. The number of rotatable bonds is 4. The summed E-state index contributed by atoms with van der Waals surface area (Å²) in [5.74, 6) is 0.671. The number of halogens is 1. The minimum absolute atomic E-state index is 0.0765. The van der Waals surface area contributed by atoms with E-state index in [4.69, 9.17) is 16.3 Å². The van der Waals surface area contributed by atoms with Crippen LogP contribution in [0.2, 0.25) is 5.15 Å². The molecule has 23 heavy (non-hydrogen) atoms. The van der Waals surface area contributed by atoms with Crippen molar-refractivity contribution in [3.8, 4) is 5.75 Å². The highest BCUT2D eigenvalue weighted by atomic mass is 35.5. The number of ketones is 1. The molecule has 3 nitrogen and oxygen atoms in total. The van der Waals surface area contributed by atoms with E-state index >= 15 is 0 Å². The summed E-state index contributed by atoms with van der Waals surface area (Å²) < 4.78 is 5.22. The van der Waals surface area contributed by atoms with Gasteiger partial charge in [-0.15, -0.1) is 0 Å². The summed E-state index contributed by atoms with van der Waals surface area (Å²) in [4.78, 5) is 16.5. The maximum Gasteiger partial charge on any atom is 0.185 e. The molecule has 3 rings (SSSR count). The molecule has 0 radical (unpaired) electrons. The fourth-order valence-electron chi connectivity index (χ4n) is 2.26. The van der Waals surface area contributed by atoms with Gasteiger partial charge in [0.15, 0.2) is 5.78 Å². The lowest BCUT2D eigenvalue weighted by Gasteiger charge is -2.05. The summed E-state index contributed by atoms with van der Waals surface area (Å²) in [5, 5.41) is 1.26. The first kappa shape index (κ1) is 15.3. The largest absolute Gasteiger partial charge is 0.497 e. The van der Waals surface area contributed by atoms with Gasteiger partial charge < -0.3 is 4.74 Å². The van der Waals surface area contributed by atoms with E-state index in [2.05, 4.69) is 4.98 Å². The number of allylic oxidation sites excluding steroid dienone is 1. The van der Waals surface area contributed by atoms with Crippen molar-refractivity contribution in [2.45, 2.75) is 0 Å². The third-order valence-electron chi connectivity index (χ3n) is 3.48. The van der Waals surface area contributed by atoms with Gasteiger partial charge in [-0.1, -0.05) is 41.9 Å². The summed E-state index contributed by atoms with van der Waals surface area (Å²) in [7, 11) is 1.61. The minimum Gasteiger partial charge on any atom is -0.497 e. The zero-order valence-electron chi connectivity index (χ0n) is 12.5. The van der Waals surface area contributed by atoms with Crippen LogP contribution in [0.3, 0.4) is 0 Å². The molecule has 4 heteroatoms. The van der Waals surface area contributed by atoms with Gasteiger partial charge in [0.1, 0.15) is 10.9 Å². The van der Waals surface area contributed by atoms with Crippen molar-refractivity contribution in [1.29, 1.82) is 0 Å². The molecule has 114 valence electrons. The number of benzene rings is 2. The second kappa shape index (κ2) is 6.63. The van der Waals surface area contributed by atoms with Crippen molar-refractivity contribution >= 4 is 34.4 Å². The molecule has 1 heterocycles. The molecule has 0 aliphatic rings. The highest BCUT2D eigenvalue weighted by molar-refractivity contribution is 6.31. The van der Waals surface area contributed by atoms with Crippen molar-refractivity contribution in [3.05, 3.63) is 77.0 Å². The molecule has 0 amide bonds. The van der Waals surface area contributed by atoms with Gasteiger partial charge in [-0.25, -0.2) is 4.98 Å². The number of hydrogen-bond acceptors (Lipinski definition) is 3. The molecule has 0 spiro atoms. The average molecular weight is 324 g/mol. The van der Waals surface area contributed by atoms with E-state index in [1.54, 1.807) is 25.3 Å². The Hall–Kier alpha value is -2.65. The number of hydrogen-bond donors (Lipinski definition) is 0. The summed E-state index contributed by atoms with van der Waals surface area (Å²) in [6, 6.07) is 16.5. The number of nitrogens with zero attached hydrogens (tertiary/aromatic N) is 1. The fraction of sp³-hybridized carbons (Fsp3) is 0.0526. The van der Waals surface area contributed by atoms with Gasteiger partial charge in [0.05, 0.1) is 12.6 Å². The van der Waals surface area contributed by atoms with Gasteiger partial charge in [-0.05, 0) is 36.4 Å². The molecule has 3 aromatic rings. The number of carbonyl (C=O) groups excluding carboxylic acids is 1. The molecular formula is C19H14ClNO2. The third-order valence-corrected chi connectivity index (χ3v) is 3.78. The van der Waals surface area contributed by atoms with E-state index in [1.807, 2.05) is 42.5 Å². The van der Waals surface area contributed by atoms with Gasteiger partial charge in [-0.3, -0.25) is 4.79 Å². The molecular weight excluding hydrogens is 310 g/mol. The van der Waals surface area contributed by atoms with Crippen LogP contribution in [-0.2, 0) is 0 Å². The molecule has 0 unspecified atom stereocenters. The van der Waals surface area contributed by atoms with Crippen molar-refractivity contribution in [3.63, 3.8) is 0 Å². The molecule has 0 aliphatic heterocycles. The van der Waals surface area contributed by atoms with Crippen molar-refractivity contribution in [1.82, 2.24) is 4.98 Å². The van der Waals surface area contributed by atoms with Crippen LogP contribution in [0, 0.1) is 0 Å². The van der Waals surface area contributed by atoms with Crippen LogP contribution in [-0.4, -0.2) is 17.9 Å². The van der Waals surface area contributed by atoms with Crippen LogP contribution in [0.15, 0.2) is 60.7 Å². The predicted octanol–water partition coefficient (Wildman–Crippen LogP) is 4.79.